The number of carbonyl (C=O) groups is 1. The van der Waals surface area contributed by atoms with Crippen LogP contribution >= 0.6 is 0 Å². The number of aryl methyl sites for hydroxylation is 1. The van der Waals surface area contributed by atoms with Gasteiger partial charge in [0, 0.05) is 31.3 Å². The van der Waals surface area contributed by atoms with Crippen LogP contribution in [-0.4, -0.2) is 35.4 Å². The van der Waals surface area contributed by atoms with Crippen LogP contribution in [0.15, 0.2) is 71.3 Å². The normalized spacial score (nSPS) is 11.5. The zero-order chi connectivity index (χ0) is 27.1. The molecule has 0 atom stereocenters. The van der Waals surface area contributed by atoms with Crippen molar-refractivity contribution < 1.29 is 18.8 Å². The topological polar surface area (TPSA) is 86.5 Å². The molecule has 0 radical (unpaired) electrons. The number of rotatable bonds is 10. The zero-order valence-corrected chi connectivity index (χ0v) is 22.7. The summed E-state index contributed by atoms with van der Waals surface area (Å²) in [6.07, 6.45) is 0.318. The molecule has 0 aliphatic rings. The summed E-state index contributed by atoms with van der Waals surface area (Å²) in [5, 5.41) is 7.52. The van der Waals surface area contributed by atoms with Crippen molar-refractivity contribution in [3.05, 3.63) is 83.4 Å². The molecule has 38 heavy (non-hydrogen) atoms. The summed E-state index contributed by atoms with van der Waals surface area (Å²) in [6.45, 7) is 9.33. The number of ether oxygens (including phenoxy) is 2. The first-order valence-electron chi connectivity index (χ1n) is 12.8. The maximum absolute atomic E-state index is 11.9. The molecule has 0 aliphatic heterocycles. The van der Waals surface area contributed by atoms with Crippen molar-refractivity contribution in [2.24, 2.45) is 0 Å². The van der Waals surface area contributed by atoms with Gasteiger partial charge in [-0.3, -0.25) is 4.79 Å². The molecule has 1 aromatic heterocycles. The predicted octanol–water partition coefficient (Wildman–Crippen LogP) is 6.35. The van der Waals surface area contributed by atoms with E-state index in [-0.39, 0.29) is 5.97 Å². The second-order valence-electron chi connectivity index (χ2n) is 10.3. The maximum Gasteiger partial charge on any atom is 0.307 e. The summed E-state index contributed by atoms with van der Waals surface area (Å²) in [6, 6.07) is 22.4. The van der Waals surface area contributed by atoms with Gasteiger partial charge in [-0.15, -0.1) is 0 Å². The number of benzene rings is 3. The fraction of sp³-hybridized carbons (Fsp3) is 0.323. The summed E-state index contributed by atoms with van der Waals surface area (Å²) >= 11 is 0. The highest BCUT2D eigenvalue weighted by atomic mass is 16.6. The van der Waals surface area contributed by atoms with Gasteiger partial charge in [-0.2, -0.15) is 4.98 Å². The molecule has 0 amide bonds. The van der Waals surface area contributed by atoms with Gasteiger partial charge in [0.15, 0.2) is 0 Å². The van der Waals surface area contributed by atoms with Gasteiger partial charge in [0.2, 0.25) is 5.82 Å². The van der Waals surface area contributed by atoms with Crippen molar-refractivity contribution >= 4 is 5.97 Å². The molecular formula is C31H35N3O4. The van der Waals surface area contributed by atoms with Gasteiger partial charge < -0.3 is 19.3 Å². The van der Waals surface area contributed by atoms with Crippen LogP contribution in [0.2, 0.25) is 0 Å². The highest BCUT2D eigenvalue weighted by Gasteiger charge is 2.16. The molecule has 0 aliphatic carbocycles. The van der Waals surface area contributed by atoms with Crippen LogP contribution in [-0.2, 0) is 27.4 Å². The number of hydrogen-bond acceptors (Lipinski definition) is 7. The lowest BCUT2D eigenvalue weighted by atomic mass is 9.94. The predicted molar refractivity (Wildman–Crippen MR) is 148 cm³/mol. The minimum atomic E-state index is -0.469. The number of nitrogens with zero attached hydrogens (tertiary/aromatic N) is 2. The standard InChI is InChI=1S/C31H35N3O4/c1-21-9-6-7-12-26(21)27-14-13-24(18-25(27)20-36-5)30-33-29(34-38-30)23-11-8-10-22(17-23)19-32-16-15-28(35)37-31(2,3)4/h6-14,17-18,32H,15-16,19-20H2,1-5H3. The van der Waals surface area contributed by atoms with E-state index in [0.29, 0.717) is 37.8 Å². The number of methoxy groups -OCH3 is 1. The Hall–Kier alpha value is -3.81. The number of esters is 1. The van der Waals surface area contributed by atoms with E-state index >= 15 is 0 Å². The monoisotopic (exact) mass is 513 g/mol. The largest absolute Gasteiger partial charge is 0.460 e. The molecule has 7 nitrogen and oxygen atoms in total. The first-order valence-corrected chi connectivity index (χ1v) is 12.8. The van der Waals surface area contributed by atoms with Crippen LogP contribution < -0.4 is 5.32 Å². The Morgan fingerprint density at radius 2 is 1.79 bits per heavy atom. The molecule has 0 fully saturated rings. The van der Waals surface area contributed by atoms with Crippen LogP contribution in [0.25, 0.3) is 34.0 Å². The molecule has 0 saturated carbocycles. The van der Waals surface area contributed by atoms with E-state index in [0.717, 1.165) is 27.8 Å². The molecule has 1 heterocycles. The molecule has 0 bridgehead atoms. The van der Waals surface area contributed by atoms with Gasteiger partial charge in [-0.05, 0) is 73.7 Å². The number of carbonyl (C=O) groups excluding carboxylic acids is 1. The maximum atomic E-state index is 11.9. The SMILES string of the molecule is COCc1cc(-c2nc(-c3cccc(CNCCC(=O)OC(C)(C)C)c3)no2)ccc1-c1ccccc1C. The summed E-state index contributed by atoms with van der Waals surface area (Å²) in [7, 11) is 1.69. The second-order valence-corrected chi connectivity index (χ2v) is 10.3. The molecule has 0 unspecified atom stereocenters. The Morgan fingerprint density at radius 1 is 0.974 bits per heavy atom. The first kappa shape index (κ1) is 27.2. The molecule has 0 spiro atoms. The van der Waals surface area contributed by atoms with Crippen molar-refractivity contribution in [2.45, 2.75) is 52.9 Å². The molecule has 0 saturated heterocycles. The van der Waals surface area contributed by atoms with Gasteiger partial charge in [0.25, 0.3) is 5.89 Å². The van der Waals surface area contributed by atoms with Gasteiger partial charge >= 0.3 is 5.97 Å². The number of nitrogens with one attached hydrogen (secondary N) is 1. The van der Waals surface area contributed by atoms with Crippen LogP contribution in [0, 0.1) is 6.92 Å². The molecule has 1 N–H and O–H groups in total. The number of hydrogen-bond donors (Lipinski definition) is 1. The molecule has 198 valence electrons. The van der Waals surface area contributed by atoms with Crippen molar-refractivity contribution in [1.82, 2.24) is 15.5 Å². The van der Waals surface area contributed by atoms with E-state index in [1.54, 1.807) is 7.11 Å². The summed E-state index contributed by atoms with van der Waals surface area (Å²) in [5.74, 6) is 0.764. The third-order valence-electron chi connectivity index (χ3n) is 5.95. The molecule has 4 aromatic rings. The van der Waals surface area contributed by atoms with E-state index in [1.165, 1.54) is 11.1 Å². The zero-order valence-electron chi connectivity index (χ0n) is 22.7. The van der Waals surface area contributed by atoms with Crippen LogP contribution in [0.3, 0.4) is 0 Å². The third-order valence-corrected chi connectivity index (χ3v) is 5.95. The van der Waals surface area contributed by atoms with Crippen molar-refractivity contribution in [3.8, 4) is 34.0 Å². The summed E-state index contributed by atoms with van der Waals surface area (Å²) < 4.78 is 16.5. The van der Waals surface area contributed by atoms with Gasteiger partial charge in [0.1, 0.15) is 5.60 Å². The van der Waals surface area contributed by atoms with Crippen molar-refractivity contribution in [3.63, 3.8) is 0 Å². The lowest BCUT2D eigenvalue weighted by Gasteiger charge is -2.19. The minimum Gasteiger partial charge on any atom is -0.460 e. The Bertz CT molecular complexity index is 1390. The molecule has 4 rings (SSSR count). The Labute approximate surface area is 224 Å². The Balaban J connectivity index is 1.45. The molecular weight excluding hydrogens is 478 g/mol. The second kappa shape index (κ2) is 12.2. The molecule has 7 heteroatoms. The van der Waals surface area contributed by atoms with Crippen LogP contribution in [0.1, 0.15) is 43.9 Å². The van der Waals surface area contributed by atoms with E-state index < -0.39 is 5.60 Å². The highest BCUT2D eigenvalue weighted by molar-refractivity contribution is 5.74. The van der Waals surface area contributed by atoms with Crippen LogP contribution in [0.4, 0.5) is 0 Å². The average Bonchev–Trinajstić information content (AvgIpc) is 3.37. The van der Waals surface area contributed by atoms with Gasteiger partial charge in [0.05, 0.1) is 13.0 Å². The van der Waals surface area contributed by atoms with E-state index in [1.807, 2.05) is 69.3 Å². The fourth-order valence-corrected chi connectivity index (χ4v) is 4.23. The van der Waals surface area contributed by atoms with E-state index in [9.17, 15) is 4.79 Å². The first-order chi connectivity index (χ1) is 18.2. The lowest BCUT2D eigenvalue weighted by Crippen LogP contribution is -2.26. The Kier molecular flexibility index (Phi) is 8.71. The minimum absolute atomic E-state index is 0.210. The fourth-order valence-electron chi connectivity index (χ4n) is 4.23. The average molecular weight is 514 g/mol. The van der Waals surface area contributed by atoms with Crippen molar-refractivity contribution in [2.75, 3.05) is 13.7 Å². The van der Waals surface area contributed by atoms with Gasteiger partial charge in [-0.1, -0.05) is 53.7 Å². The highest BCUT2D eigenvalue weighted by Crippen LogP contribution is 2.31. The van der Waals surface area contributed by atoms with E-state index in [2.05, 4.69) is 40.6 Å². The quantitative estimate of drug-likeness (QED) is 0.195. The van der Waals surface area contributed by atoms with E-state index in [4.69, 9.17) is 14.0 Å². The smallest absolute Gasteiger partial charge is 0.307 e. The lowest BCUT2D eigenvalue weighted by molar-refractivity contribution is -0.154. The van der Waals surface area contributed by atoms with Gasteiger partial charge in [-0.25, -0.2) is 0 Å². The third kappa shape index (κ3) is 7.15. The summed E-state index contributed by atoms with van der Waals surface area (Å²) in [4.78, 5) is 16.6. The Morgan fingerprint density at radius 3 is 2.55 bits per heavy atom. The van der Waals surface area contributed by atoms with Crippen LogP contribution in [0.5, 0.6) is 0 Å². The molecule has 3 aromatic carbocycles. The number of aromatic nitrogens is 2. The van der Waals surface area contributed by atoms with Crippen molar-refractivity contribution in [1.29, 1.82) is 0 Å². The summed E-state index contributed by atoms with van der Waals surface area (Å²) in [5.41, 5.74) is 6.85.